The number of amides is 1. The van der Waals surface area contributed by atoms with E-state index in [0.29, 0.717) is 17.8 Å². The van der Waals surface area contributed by atoms with Crippen molar-refractivity contribution in [3.8, 4) is 5.75 Å². The number of methoxy groups -OCH3 is 1. The second kappa shape index (κ2) is 9.50. The number of para-hydroxylation sites is 2. The van der Waals surface area contributed by atoms with Crippen molar-refractivity contribution in [3.05, 3.63) is 94.9 Å². The number of fused-ring (bicyclic) bond motifs is 4. The van der Waals surface area contributed by atoms with E-state index in [4.69, 9.17) is 4.74 Å². The molecule has 4 aromatic rings. The summed E-state index contributed by atoms with van der Waals surface area (Å²) in [6, 6.07) is 21.3. The van der Waals surface area contributed by atoms with Crippen molar-refractivity contribution in [1.82, 2.24) is 9.88 Å². The average molecular weight is 512 g/mol. The highest BCUT2D eigenvalue weighted by molar-refractivity contribution is 5.96. The molecule has 1 fully saturated rings. The predicted octanol–water partition coefficient (Wildman–Crippen LogP) is 6.63. The van der Waals surface area contributed by atoms with E-state index in [1.807, 2.05) is 49.3 Å². The van der Waals surface area contributed by atoms with Crippen LogP contribution in [0.1, 0.15) is 58.8 Å². The average Bonchev–Trinajstić information content (AvgIpc) is 3.33. The predicted molar refractivity (Wildman–Crippen MR) is 150 cm³/mol. The molecule has 1 aliphatic carbocycles. The minimum absolute atomic E-state index is 0.0511. The Morgan fingerprint density at radius 2 is 1.76 bits per heavy atom. The first-order valence-electron chi connectivity index (χ1n) is 13.4. The summed E-state index contributed by atoms with van der Waals surface area (Å²) >= 11 is 0. The molecule has 1 amide bonds. The number of ether oxygens (including phenoxy) is 1. The minimum atomic E-state index is -0.425. The maximum atomic E-state index is 14.8. The topological polar surface area (TPSA) is 48.6 Å². The lowest BCUT2D eigenvalue weighted by Crippen LogP contribution is -2.55. The zero-order valence-electron chi connectivity index (χ0n) is 22.3. The van der Waals surface area contributed by atoms with Gasteiger partial charge in [-0.05, 0) is 85.5 Å². The van der Waals surface area contributed by atoms with E-state index in [1.54, 1.807) is 7.11 Å². The first kappa shape index (κ1) is 24.5. The van der Waals surface area contributed by atoms with Crippen LogP contribution in [0.5, 0.6) is 5.75 Å². The molecule has 0 saturated heterocycles. The number of nitrogens with one attached hydrogen (secondary N) is 1. The lowest BCUT2D eigenvalue weighted by atomic mass is 9.69. The van der Waals surface area contributed by atoms with Gasteiger partial charge in [-0.15, -0.1) is 0 Å². The maximum absolute atomic E-state index is 14.8. The fourth-order valence-electron chi connectivity index (χ4n) is 6.87. The van der Waals surface area contributed by atoms with Crippen molar-refractivity contribution >= 4 is 22.5 Å². The van der Waals surface area contributed by atoms with Crippen LogP contribution in [0.25, 0.3) is 10.9 Å². The van der Waals surface area contributed by atoms with Crippen molar-refractivity contribution in [2.75, 3.05) is 32.6 Å². The van der Waals surface area contributed by atoms with Gasteiger partial charge >= 0.3 is 0 Å². The van der Waals surface area contributed by atoms with Gasteiger partial charge in [0.15, 0.2) is 0 Å². The van der Waals surface area contributed by atoms with Crippen LogP contribution in [-0.2, 0) is 12.0 Å². The number of hydrogen-bond acceptors (Lipinski definition) is 3. The third-order valence-corrected chi connectivity index (χ3v) is 8.68. The number of benzene rings is 3. The minimum Gasteiger partial charge on any atom is -0.497 e. The molecular weight excluding hydrogens is 477 g/mol. The number of anilines is 1. The zero-order chi connectivity index (χ0) is 26.4. The number of nitrogens with zero attached hydrogens (tertiary/aromatic N) is 2. The molecule has 3 aromatic carbocycles. The molecular formula is C32H34FN3O2. The molecule has 2 heterocycles. The molecule has 6 heteroatoms. The summed E-state index contributed by atoms with van der Waals surface area (Å²) in [5.74, 6) is 0.844. The number of aromatic nitrogens is 1. The van der Waals surface area contributed by atoms with E-state index >= 15 is 0 Å². The number of hydrogen-bond donors (Lipinski definition) is 1. The fraction of sp³-hybridized carbons (Fsp3) is 0.344. The number of carbonyl (C=O) groups is 1. The van der Waals surface area contributed by atoms with Crippen LogP contribution in [0.15, 0.2) is 66.7 Å². The van der Waals surface area contributed by atoms with E-state index in [1.165, 1.54) is 22.7 Å². The summed E-state index contributed by atoms with van der Waals surface area (Å²) < 4.78 is 20.1. The Kier molecular flexibility index (Phi) is 6.13. The lowest BCUT2D eigenvalue weighted by Gasteiger charge is -2.51. The number of aromatic amines is 1. The molecule has 0 unspecified atom stereocenters. The van der Waals surface area contributed by atoms with Crippen LogP contribution in [0.3, 0.4) is 0 Å². The first-order chi connectivity index (χ1) is 18.4. The Labute approximate surface area is 223 Å². The molecule has 0 radical (unpaired) electrons. The highest BCUT2D eigenvalue weighted by Gasteiger charge is 2.49. The van der Waals surface area contributed by atoms with Gasteiger partial charge in [0.2, 0.25) is 0 Å². The van der Waals surface area contributed by atoms with Gasteiger partial charge in [-0.1, -0.05) is 30.3 Å². The molecule has 1 saturated carbocycles. The number of H-pyrrole nitrogens is 1. The molecule has 0 atom stereocenters. The third-order valence-electron chi connectivity index (χ3n) is 8.68. The monoisotopic (exact) mass is 511 g/mol. The Bertz CT molecular complexity index is 1480. The van der Waals surface area contributed by atoms with Crippen LogP contribution in [0.2, 0.25) is 0 Å². The van der Waals surface area contributed by atoms with Crippen LogP contribution in [-0.4, -0.2) is 43.5 Å². The van der Waals surface area contributed by atoms with Gasteiger partial charge in [-0.2, -0.15) is 0 Å². The molecule has 5 nitrogen and oxygen atoms in total. The van der Waals surface area contributed by atoms with Gasteiger partial charge < -0.3 is 19.5 Å². The van der Waals surface area contributed by atoms with Gasteiger partial charge in [0.1, 0.15) is 11.6 Å². The van der Waals surface area contributed by atoms with Gasteiger partial charge in [-0.3, -0.25) is 4.79 Å². The molecule has 196 valence electrons. The highest BCUT2D eigenvalue weighted by Crippen LogP contribution is 2.52. The van der Waals surface area contributed by atoms with E-state index < -0.39 is 5.54 Å². The second-order valence-corrected chi connectivity index (χ2v) is 10.8. The van der Waals surface area contributed by atoms with Crippen molar-refractivity contribution in [1.29, 1.82) is 0 Å². The number of carbonyl (C=O) groups excluding carboxylic acids is 1. The number of rotatable bonds is 4. The second-order valence-electron chi connectivity index (χ2n) is 10.8. The Morgan fingerprint density at radius 3 is 2.47 bits per heavy atom. The third kappa shape index (κ3) is 3.85. The highest BCUT2D eigenvalue weighted by atomic mass is 19.1. The van der Waals surface area contributed by atoms with Crippen molar-refractivity contribution in [2.45, 2.75) is 43.6 Å². The summed E-state index contributed by atoms with van der Waals surface area (Å²) in [5, 5.41) is 1.25. The largest absolute Gasteiger partial charge is 0.497 e. The molecule has 1 spiro atoms. The Morgan fingerprint density at radius 1 is 1.03 bits per heavy atom. The molecule has 1 N–H and O–H groups in total. The zero-order valence-corrected chi connectivity index (χ0v) is 22.3. The summed E-state index contributed by atoms with van der Waals surface area (Å²) in [5.41, 5.74) is 5.62. The molecule has 0 bridgehead atoms. The maximum Gasteiger partial charge on any atom is 0.254 e. The summed E-state index contributed by atoms with van der Waals surface area (Å²) in [4.78, 5) is 21.8. The molecule has 38 heavy (non-hydrogen) atoms. The van der Waals surface area contributed by atoms with Gasteiger partial charge in [0.25, 0.3) is 5.91 Å². The smallest absolute Gasteiger partial charge is 0.254 e. The Hall–Kier alpha value is -3.80. The van der Waals surface area contributed by atoms with Crippen LogP contribution in [0, 0.1) is 5.82 Å². The van der Waals surface area contributed by atoms with Crippen LogP contribution >= 0.6 is 0 Å². The fourth-order valence-corrected chi connectivity index (χ4v) is 6.87. The van der Waals surface area contributed by atoms with Crippen molar-refractivity contribution in [3.63, 3.8) is 0 Å². The van der Waals surface area contributed by atoms with E-state index in [0.717, 1.165) is 48.9 Å². The van der Waals surface area contributed by atoms with Gasteiger partial charge in [-0.25, -0.2) is 4.39 Å². The van der Waals surface area contributed by atoms with E-state index in [2.05, 4.69) is 40.2 Å². The van der Waals surface area contributed by atoms with Gasteiger partial charge in [0, 0.05) is 42.8 Å². The SMILES string of the molecule is COc1ccc(C(=O)N2CCc3c([nH]c4ccccc34)C23CCC(c2cccc(F)c2N(C)C)CC3)cc1. The quantitative estimate of drug-likeness (QED) is 0.334. The summed E-state index contributed by atoms with van der Waals surface area (Å²) in [6.07, 6.45) is 4.23. The van der Waals surface area contributed by atoms with E-state index in [9.17, 15) is 9.18 Å². The Balaban J connectivity index is 1.40. The van der Waals surface area contributed by atoms with E-state index in [-0.39, 0.29) is 17.6 Å². The summed E-state index contributed by atoms with van der Waals surface area (Å²) in [6.45, 7) is 0.674. The van der Waals surface area contributed by atoms with Crippen LogP contribution in [0.4, 0.5) is 10.1 Å². The van der Waals surface area contributed by atoms with Gasteiger partial charge in [0.05, 0.1) is 18.3 Å². The van der Waals surface area contributed by atoms with Crippen molar-refractivity contribution in [2.24, 2.45) is 0 Å². The van der Waals surface area contributed by atoms with Crippen LogP contribution < -0.4 is 9.64 Å². The molecule has 2 aliphatic rings. The molecule has 1 aliphatic heterocycles. The van der Waals surface area contributed by atoms with Crippen molar-refractivity contribution < 1.29 is 13.9 Å². The normalized spacial score (nSPS) is 20.9. The molecule has 1 aromatic heterocycles. The summed E-state index contributed by atoms with van der Waals surface area (Å²) in [7, 11) is 5.44. The standard InChI is InChI=1S/C32H34FN3O2/c1-35(2)29-24(8-6-9-27(29)33)21-15-18-32(19-16-21)30-26(25-7-4-5-10-28(25)34-30)17-20-36(32)31(37)22-11-13-23(38-3)14-12-22/h4-14,21,34H,15-20H2,1-3H3. The number of halogens is 1. The lowest BCUT2D eigenvalue weighted by molar-refractivity contribution is 0.0226. The molecule has 6 rings (SSSR count). The first-order valence-corrected chi connectivity index (χ1v) is 13.4.